The monoisotopic (exact) mass is 272 g/mol. The summed E-state index contributed by atoms with van der Waals surface area (Å²) < 4.78 is 0. The Labute approximate surface area is 119 Å². The van der Waals surface area contributed by atoms with Crippen molar-refractivity contribution in [3.8, 4) is 0 Å². The molecule has 1 aliphatic heterocycles. The topological polar surface area (TPSA) is 49.4 Å². The fourth-order valence-electron chi connectivity index (χ4n) is 2.97. The van der Waals surface area contributed by atoms with Crippen molar-refractivity contribution < 1.29 is 9.59 Å². The molecule has 2 fully saturated rings. The van der Waals surface area contributed by atoms with Crippen LogP contribution in [0.15, 0.2) is 24.3 Å². The zero-order valence-electron chi connectivity index (χ0n) is 11.9. The molecule has 20 heavy (non-hydrogen) atoms. The fourth-order valence-corrected chi connectivity index (χ4v) is 2.97. The van der Waals surface area contributed by atoms with Crippen LogP contribution in [-0.4, -0.2) is 23.9 Å². The minimum Gasteiger partial charge on any atom is -0.342 e. The van der Waals surface area contributed by atoms with Crippen LogP contribution >= 0.6 is 0 Å². The summed E-state index contributed by atoms with van der Waals surface area (Å²) in [5.74, 6) is 0.358. The lowest BCUT2D eigenvalue weighted by molar-refractivity contribution is -0.134. The molecule has 0 bridgehead atoms. The summed E-state index contributed by atoms with van der Waals surface area (Å²) in [6.07, 6.45) is 2.70. The highest BCUT2D eigenvalue weighted by atomic mass is 16.2. The first kappa shape index (κ1) is 13.2. The number of nitrogens with one attached hydrogen (secondary N) is 1. The zero-order valence-corrected chi connectivity index (χ0v) is 11.9. The van der Waals surface area contributed by atoms with Gasteiger partial charge in [0, 0.05) is 5.69 Å². The Balaban J connectivity index is 2.01. The molecule has 1 saturated carbocycles. The summed E-state index contributed by atoms with van der Waals surface area (Å²) in [5, 5.41) is 2.92. The summed E-state index contributed by atoms with van der Waals surface area (Å²) >= 11 is 0. The third-order valence-corrected chi connectivity index (χ3v) is 4.27. The molecule has 1 aliphatic carbocycles. The molecule has 0 aromatic heterocycles. The van der Waals surface area contributed by atoms with Gasteiger partial charge in [0.2, 0.25) is 5.91 Å². The van der Waals surface area contributed by atoms with Crippen molar-refractivity contribution in [2.45, 2.75) is 45.2 Å². The van der Waals surface area contributed by atoms with E-state index in [2.05, 4.69) is 5.32 Å². The van der Waals surface area contributed by atoms with E-state index < -0.39 is 6.04 Å². The largest absolute Gasteiger partial charge is 0.342 e. The van der Waals surface area contributed by atoms with Crippen LogP contribution in [0.25, 0.3) is 0 Å². The lowest BCUT2D eigenvalue weighted by atomic mass is 9.99. The van der Waals surface area contributed by atoms with Crippen molar-refractivity contribution in [3.05, 3.63) is 29.8 Å². The van der Waals surface area contributed by atoms with E-state index in [0.29, 0.717) is 12.3 Å². The normalized spacial score (nSPS) is 26.6. The van der Waals surface area contributed by atoms with Gasteiger partial charge in [0.1, 0.15) is 12.1 Å². The second kappa shape index (κ2) is 4.93. The van der Waals surface area contributed by atoms with Crippen molar-refractivity contribution >= 4 is 17.5 Å². The first-order valence-electron chi connectivity index (χ1n) is 7.32. The minimum atomic E-state index is -0.390. The van der Waals surface area contributed by atoms with Crippen molar-refractivity contribution in [2.24, 2.45) is 5.92 Å². The SMILES string of the molecule is CCC1C(=O)NC(C2CC2)C(=O)N1c1ccccc1C. The van der Waals surface area contributed by atoms with Gasteiger partial charge in [-0.05, 0) is 43.7 Å². The maximum atomic E-state index is 12.8. The van der Waals surface area contributed by atoms with E-state index in [0.717, 1.165) is 24.1 Å². The number of rotatable bonds is 3. The number of anilines is 1. The molecule has 4 nitrogen and oxygen atoms in total. The summed E-state index contributed by atoms with van der Waals surface area (Å²) in [6, 6.07) is 7.06. The third kappa shape index (κ3) is 2.09. The van der Waals surface area contributed by atoms with Gasteiger partial charge in [0.15, 0.2) is 0 Å². The summed E-state index contributed by atoms with van der Waals surface area (Å²) in [7, 11) is 0. The molecule has 106 valence electrons. The predicted molar refractivity (Wildman–Crippen MR) is 77.4 cm³/mol. The molecule has 2 aliphatic rings. The number of hydrogen-bond acceptors (Lipinski definition) is 2. The molecule has 1 N–H and O–H groups in total. The quantitative estimate of drug-likeness (QED) is 0.915. The van der Waals surface area contributed by atoms with Gasteiger partial charge in [-0.25, -0.2) is 0 Å². The Hall–Kier alpha value is -1.84. The molecule has 4 heteroatoms. The fraction of sp³-hybridized carbons (Fsp3) is 0.500. The number of piperazine rings is 1. The van der Waals surface area contributed by atoms with Gasteiger partial charge in [0.25, 0.3) is 5.91 Å². The highest BCUT2D eigenvalue weighted by Gasteiger charge is 2.47. The third-order valence-electron chi connectivity index (χ3n) is 4.27. The van der Waals surface area contributed by atoms with Crippen LogP contribution in [0.5, 0.6) is 0 Å². The second-order valence-corrected chi connectivity index (χ2v) is 5.74. The van der Waals surface area contributed by atoms with Crippen molar-refractivity contribution in [1.29, 1.82) is 0 Å². The molecule has 2 amide bonds. The number of aryl methyl sites for hydroxylation is 1. The highest BCUT2D eigenvalue weighted by Crippen LogP contribution is 2.37. The second-order valence-electron chi connectivity index (χ2n) is 5.74. The minimum absolute atomic E-state index is 0.0211. The van der Waals surface area contributed by atoms with Gasteiger partial charge in [-0.3, -0.25) is 14.5 Å². The molecular formula is C16H20N2O2. The van der Waals surface area contributed by atoms with E-state index in [1.54, 1.807) is 4.90 Å². The standard InChI is InChI=1S/C16H20N2O2/c1-3-12-15(19)17-14(11-8-9-11)16(20)18(12)13-7-5-4-6-10(13)2/h4-7,11-12,14H,3,8-9H2,1-2H3,(H,17,19). The van der Waals surface area contributed by atoms with Crippen LogP contribution in [0, 0.1) is 12.8 Å². The number of benzene rings is 1. The molecule has 0 radical (unpaired) electrons. The smallest absolute Gasteiger partial charge is 0.250 e. The van der Waals surface area contributed by atoms with Crippen LogP contribution in [0.2, 0.25) is 0 Å². The number of hydrogen-bond donors (Lipinski definition) is 1. The number of carbonyl (C=O) groups is 2. The van der Waals surface area contributed by atoms with Crippen LogP contribution in [-0.2, 0) is 9.59 Å². The van der Waals surface area contributed by atoms with Crippen LogP contribution in [0.4, 0.5) is 5.69 Å². The zero-order chi connectivity index (χ0) is 14.3. The first-order chi connectivity index (χ1) is 9.63. The van der Waals surface area contributed by atoms with Crippen molar-refractivity contribution in [2.75, 3.05) is 4.90 Å². The maximum Gasteiger partial charge on any atom is 0.250 e. The molecule has 1 saturated heterocycles. The average molecular weight is 272 g/mol. The number of carbonyl (C=O) groups excluding carboxylic acids is 2. The maximum absolute atomic E-state index is 12.8. The average Bonchev–Trinajstić information content (AvgIpc) is 3.26. The highest BCUT2D eigenvalue weighted by molar-refractivity contribution is 6.09. The Morgan fingerprint density at radius 2 is 1.95 bits per heavy atom. The van der Waals surface area contributed by atoms with Crippen molar-refractivity contribution in [1.82, 2.24) is 5.32 Å². The lowest BCUT2D eigenvalue weighted by Gasteiger charge is -2.39. The molecule has 2 unspecified atom stereocenters. The summed E-state index contributed by atoms with van der Waals surface area (Å²) in [5.41, 5.74) is 1.90. The van der Waals surface area contributed by atoms with Crippen LogP contribution < -0.4 is 10.2 Å². The number of amides is 2. The van der Waals surface area contributed by atoms with Crippen LogP contribution in [0.3, 0.4) is 0 Å². The molecule has 2 atom stereocenters. The molecular weight excluding hydrogens is 252 g/mol. The van der Waals surface area contributed by atoms with E-state index in [1.165, 1.54) is 0 Å². The van der Waals surface area contributed by atoms with Gasteiger partial charge in [-0.1, -0.05) is 25.1 Å². The van der Waals surface area contributed by atoms with Crippen molar-refractivity contribution in [3.63, 3.8) is 0 Å². The van der Waals surface area contributed by atoms with E-state index in [9.17, 15) is 9.59 Å². The Morgan fingerprint density at radius 1 is 1.25 bits per heavy atom. The van der Waals surface area contributed by atoms with Crippen LogP contribution in [0.1, 0.15) is 31.7 Å². The van der Waals surface area contributed by atoms with E-state index in [1.807, 2.05) is 38.1 Å². The Bertz CT molecular complexity index is 551. The Kier molecular flexibility index (Phi) is 3.24. The molecule has 3 rings (SSSR count). The molecule has 1 aromatic carbocycles. The summed E-state index contributed by atoms with van der Waals surface area (Å²) in [4.78, 5) is 26.8. The van der Waals surface area contributed by atoms with E-state index >= 15 is 0 Å². The van der Waals surface area contributed by atoms with E-state index in [4.69, 9.17) is 0 Å². The van der Waals surface area contributed by atoms with Gasteiger partial charge in [-0.15, -0.1) is 0 Å². The molecule has 1 heterocycles. The first-order valence-corrected chi connectivity index (χ1v) is 7.32. The summed E-state index contributed by atoms with van der Waals surface area (Å²) in [6.45, 7) is 3.92. The molecule has 0 spiro atoms. The Morgan fingerprint density at radius 3 is 2.55 bits per heavy atom. The number of nitrogens with zero attached hydrogens (tertiary/aromatic N) is 1. The lowest BCUT2D eigenvalue weighted by Crippen LogP contribution is -2.64. The van der Waals surface area contributed by atoms with Gasteiger partial charge in [0.05, 0.1) is 0 Å². The van der Waals surface area contributed by atoms with Gasteiger partial charge >= 0.3 is 0 Å². The predicted octanol–water partition coefficient (Wildman–Crippen LogP) is 2.02. The number of para-hydroxylation sites is 1. The van der Waals surface area contributed by atoms with Gasteiger partial charge in [-0.2, -0.15) is 0 Å². The van der Waals surface area contributed by atoms with E-state index in [-0.39, 0.29) is 17.9 Å². The molecule has 1 aromatic rings. The van der Waals surface area contributed by atoms with Gasteiger partial charge < -0.3 is 5.32 Å².